The molecule has 0 amide bonds. The molecule has 1 aliphatic heterocycles. The van der Waals surface area contributed by atoms with E-state index in [4.69, 9.17) is 16.0 Å². The summed E-state index contributed by atoms with van der Waals surface area (Å²) in [6.45, 7) is 3.26. The first kappa shape index (κ1) is 17.1. The van der Waals surface area contributed by atoms with Gasteiger partial charge in [-0.3, -0.25) is 4.90 Å². The standard InChI is InChI=1S/C16H16ClF3N2O2/c17-14-6-5-13(23-14)15(22-9-7-21-8-10-22)11-1-3-12(4-2-11)24-16(18,19)20/h1-6,15,21H,7-10H2/t15-/m1/s1. The summed E-state index contributed by atoms with van der Waals surface area (Å²) in [5.41, 5.74) is 0.817. The van der Waals surface area contributed by atoms with Crippen LogP contribution in [0.3, 0.4) is 0 Å². The highest BCUT2D eigenvalue weighted by Gasteiger charge is 2.31. The number of ether oxygens (including phenoxy) is 1. The van der Waals surface area contributed by atoms with Gasteiger partial charge in [0.2, 0.25) is 0 Å². The average molecular weight is 361 g/mol. The number of furan rings is 1. The van der Waals surface area contributed by atoms with Gasteiger partial charge in [0.25, 0.3) is 0 Å². The van der Waals surface area contributed by atoms with E-state index in [0.717, 1.165) is 31.7 Å². The zero-order valence-corrected chi connectivity index (χ0v) is 13.4. The van der Waals surface area contributed by atoms with Crippen molar-refractivity contribution >= 4 is 11.6 Å². The van der Waals surface area contributed by atoms with Crippen LogP contribution in [-0.2, 0) is 0 Å². The highest BCUT2D eigenvalue weighted by atomic mass is 35.5. The number of rotatable bonds is 4. The molecular weight excluding hydrogens is 345 g/mol. The molecule has 0 spiro atoms. The Hall–Kier alpha value is -1.70. The summed E-state index contributed by atoms with van der Waals surface area (Å²) in [6, 6.07) is 9.08. The van der Waals surface area contributed by atoms with E-state index < -0.39 is 6.36 Å². The molecule has 8 heteroatoms. The van der Waals surface area contributed by atoms with Crippen LogP contribution in [0.15, 0.2) is 40.8 Å². The first-order valence-electron chi connectivity index (χ1n) is 7.48. The van der Waals surface area contributed by atoms with Gasteiger partial charge in [0.1, 0.15) is 11.5 Å². The highest BCUT2D eigenvalue weighted by Crippen LogP contribution is 2.33. The highest BCUT2D eigenvalue weighted by molar-refractivity contribution is 6.28. The Labute approximate surface area is 142 Å². The molecule has 0 saturated carbocycles. The Morgan fingerprint density at radius 3 is 2.29 bits per heavy atom. The fourth-order valence-corrected chi connectivity index (χ4v) is 2.97. The van der Waals surface area contributed by atoms with Gasteiger partial charge >= 0.3 is 6.36 Å². The van der Waals surface area contributed by atoms with Gasteiger partial charge < -0.3 is 14.5 Å². The fourth-order valence-electron chi connectivity index (χ4n) is 2.82. The minimum atomic E-state index is -4.70. The molecular formula is C16H16ClF3N2O2. The number of nitrogens with zero attached hydrogens (tertiary/aromatic N) is 1. The fraction of sp³-hybridized carbons (Fsp3) is 0.375. The molecule has 24 heavy (non-hydrogen) atoms. The van der Waals surface area contributed by atoms with Gasteiger partial charge in [-0.1, -0.05) is 12.1 Å². The third-order valence-electron chi connectivity index (χ3n) is 3.81. The van der Waals surface area contributed by atoms with E-state index >= 15 is 0 Å². The third kappa shape index (κ3) is 4.23. The summed E-state index contributed by atoms with van der Waals surface area (Å²) in [6.07, 6.45) is -4.70. The Bertz CT molecular complexity index is 667. The quantitative estimate of drug-likeness (QED) is 0.899. The maximum atomic E-state index is 12.3. The Morgan fingerprint density at radius 1 is 1.08 bits per heavy atom. The van der Waals surface area contributed by atoms with Crippen molar-refractivity contribution in [2.24, 2.45) is 0 Å². The summed E-state index contributed by atoms with van der Waals surface area (Å²) in [7, 11) is 0. The smallest absolute Gasteiger partial charge is 0.448 e. The zero-order valence-electron chi connectivity index (χ0n) is 12.6. The van der Waals surface area contributed by atoms with E-state index in [9.17, 15) is 13.2 Å². The third-order valence-corrected chi connectivity index (χ3v) is 4.01. The van der Waals surface area contributed by atoms with Crippen molar-refractivity contribution in [2.45, 2.75) is 12.4 Å². The first-order valence-corrected chi connectivity index (χ1v) is 7.86. The topological polar surface area (TPSA) is 37.6 Å². The van der Waals surface area contributed by atoms with Crippen LogP contribution in [0.1, 0.15) is 17.4 Å². The number of halogens is 4. The van der Waals surface area contributed by atoms with Crippen LogP contribution in [0, 0.1) is 0 Å². The average Bonchev–Trinajstić information content (AvgIpc) is 2.95. The van der Waals surface area contributed by atoms with Crippen molar-refractivity contribution in [3.8, 4) is 5.75 Å². The molecule has 1 aromatic carbocycles. The lowest BCUT2D eigenvalue weighted by molar-refractivity contribution is -0.274. The maximum Gasteiger partial charge on any atom is 0.573 e. The molecule has 0 unspecified atom stereocenters. The number of hydrogen-bond donors (Lipinski definition) is 1. The normalized spacial score (nSPS) is 17.7. The van der Waals surface area contributed by atoms with Gasteiger partial charge in [0, 0.05) is 26.2 Å². The van der Waals surface area contributed by atoms with Gasteiger partial charge in [0.05, 0.1) is 6.04 Å². The summed E-state index contributed by atoms with van der Waals surface area (Å²) in [5.74, 6) is 0.411. The summed E-state index contributed by atoms with van der Waals surface area (Å²) < 4.78 is 46.4. The molecule has 1 saturated heterocycles. The molecule has 2 aromatic rings. The van der Waals surface area contributed by atoms with Crippen molar-refractivity contribution in [1.29, 1.82) is 0 Å². The predicted octanol–water partition coefficient (Wildman–Crippen LogP) is 3.83. The van der Waals surface area contributed by atoms with Crippen molar-refractivity contribution in [3.05, 3.63) is 52.9 Å². The summed E-state index contributed by atoms with van der Waals surface area (Å²) in [5, 5.41) is 3.55. The number of piperazine rings is 1. The van der Waals surface area contributed by atoms with Crippen LogP contribution < -0.4 is 10.1 Å². The molecule has 0 aliphatic carbocycles. The van der Waals surface area contributed by atoms with E-state index in [1.54, 1.807) is 24.3 Å². The molecule has 1 aromatic heterocycles. The van der Waals surface area contributed by atoms with Crippen molar-refractivity contribution in [2.75, 3.05) is 26.2 Å². The Balaban J connectivity index is 1.87. The minimum Gasteiger partial charge on any atom is -0.448 e. The summed E-state index contributed by atoms with van der Waals surface area (Å²) >= 11 is 5.89. The number of hydrogen-bond acceptors (Lipinski definition) is 4. The molecule has 1 atom stereocenters. The maximum absolute atomic E-state index is 12.3. The van der Waals surface area contributed by atoms with Gasteiger partial charge in [0.15, 0.2) is 5.22 Å². The Kier molecular flexibility index (Phi) is 5.03. The first-order chi connectivity index (χ1) is 11.4. The largest absolute Gasteiger partial charge is 0.573 e. The van der Waals surface area contributed by atoms with Crippen LogP contribution in [0.2, 0.25) is 5.22 Å². The van der Waals surface area contributed by atoms with E-state index in [2.05, 4.69) is 15.0 Å². The Morgan fingerprint density at radius 2 is 1.75 bits per heavy atom. The van der Waals surface area contributed by atoms with Crippen LogP contribution >= 0.6 is 11.6 Å². The van der Waals surface area contributed by atoms with Crippen LogP contribution in [0.4, 0.5) is 13.2 Å². The van der Waals surface area contributed by atoms with Gasteiger partial charge in [-0.05, 0) is 41.4 Å². The molecule has 1 fully saturated rings. The van der Waals surface area contributed by atoms with E-state index in [1.165, 1.54) is 12.1 Å². The molecule has 0 radical (unpaired) electrons. The molecule has 1 N–H and O–H groups in total. The SMILES string of the molecule is FC(F)(F)Oc1ccc([C@H](c2ccc(Cl)o2)N2CCNCC2)cc1. The minimum absolute atomic E-state index is 0.209. The lowest BCUT2D eigenvalue weighted by atomic mass is 10.0. The number of benzene rings is 1. The molecule has 0 bridgehead atoms. The van der Waals surface area contributed by atoms with Crippen LogP contribution in [0.5, 0.6) is 5.75 Å². The molecule has 4 nitrogen and oxygen atoms in total. The van der Waals surface area contributed by atoms with Crippen LogP contribution in [0.25, 0.3) is 0 Å². The molecule has 130 valence electrons. The van der Waals surface area contributed by atoms with Crippen molar-refractivity contribution in [1.82, 2.24) is 10.2 Å². The zero-order chi connectivity index (χ0) is 17.2. The van der Waals surface area contributed by atoms with E-state index in [-0.39, 0.29) is 17.0 Å². The van der Waals surface area contributed by atoms with Crippen LogP contribution in [-0.4, -0.2) is 37.4 Å². The van der Waals surface area contributed by atoms with Crippen molar-refractivity contribution in [3.63, 3.8) is 0 Å². The molecule has 2 heterocycles. The number of alkyl halides is 3. The van der Waals surface area contributed by atoms with E-state index in [1.807, 2.05) is 0 Å². The number of nitrogens with one attached hydrogen (secondary N) is 1. The lowest BCUT2D eigenvalue weighted by Gasteiger charge is -2.34. The molecule has 1 aliphatic rings. The lowest BCUT2D eigenvalue weighted by Crippen LogP contribution is -2.45. The predicted molar refractivity (Wildman–Crippen MR) is 83.1 cm³/mol. The second kappa shape index (κ2) is 7.04. The van der Waals surface area contributed by atoms with Gasteiger partial charge in [-0.15, -0.1) is 13.2 Å². The molecule has 3 rings (SSSR count). The second-order valence-electron chi connectivity index (χ2n) is 5.45. The van der Waals surface area contributed by atoms with Crippen molar-refractivity contribution < 1.29 is 22.3 Å². The summed E-state index contributed by atoms with van der Waals surface area (Å²) in [4.78, 5) is 2.20. The van der Waals surface area contributed by atoms with Gasteiger partial charge in [-0.2, -0.15) is 0 Å². The van der Waals surface area contributed by atoms with Gasteiger partial charge in [-0.25, -0.2) is 0 Å². The second-order valence-corrected chi connectivity index (χ2v) is 5.82. The monoisotopic (exact) mass is 360 g/mol. The van der Waals surface area contributed by atoms with E-state index in [0.29, 0.717) is 5.76 Å².